The Morgan fingerprint density at radius 1 is 0.872 bits per heavy atom. The first-order chi connectivity index (χ1) is 18.3. The normalized spacial score (nSPS) is 21.1. The number of fused-ring (bicyclic) bond motifs is 3. The molecule has 3 aromatic carbocycles. The number of phenolic OH excluding ortho intramolecular Hbond substituents is 2. The summed E-state index contributed by atoms with van der Waals surface area (Å²) >= 11 is 6.79. The van der Waals surface area contributed by atoms with Crippen LogP contribution in [0.2, 0.25) is 5.02 Å². The van der Waals surface area contributed by atoms with E-state index in [0.29, 0.717) is 45.1 Å². The Bertz CT molecular complexity index is 1570. The average Bonchev–Trinajstić information content (AvgIpc) is 2.89. The summed E-state index contributed by atoms with van der Waals surface area (Å²) in [5.41, 5.74) is -1.22. The van der Waals surface area contributed by atoms with Crippen molar-refractivity contribution in [1.82, 2.24) is 0 Å². The maximum atomic E-state index is 14.5. The molecule has 0 saturated heterocycles. The number of hydrogen-bond donors (Lipinski definition) is 3. The van der Waals surface area contributed by atoms with E-state index in [1.54, 1.807) is 32.0 Å². The molecule has 2 atom stereocenters. The van der Waals surface area contributed by atoms with Crippen LogP contribution in [-0.2, 0) is 11.8 Å². The molecule has 0 saturated carbocycles. The first kappa shape index (κ1) is 26.8. The average molecular weight is 553 g/mol. The molecule has 2 aliphatic carbocycles. The van der Waals surface area contributed by atoms with Gasteiger partial charge in [0, 0.05) is 34.7 Å². The van der Waals surface area contributed by atoms with Crippen molar-refractivity contribution in [1.29, 1.82) is 0 Å². The molecule has 0 spiro atoms. The highest BCUT2D eigenvalue weighted by molar-refractivity contribution is 6.35. The number of carbonyl (C=O) groups is 2. The summed E-state index contributed by atoms with van der Waals surface area (Å²) in [6.45, 7) is 5.35. The van der Waals surface area contributed by atoms with Crippen LogP contribution in [0.5, 0.6) is 28.7 Å². The van der Waals surface area contributed by atoms with Crippen molar-refractivity contribution in [3.05, 3.63) is 63.2 Å². The fourth-order valence-electron chi connectivity index (χ4n) is 6.31. The molecule has 0 unspecified atom stereocenters. The lowest BCUT2D eigenvalue weighted by Gasteiger charge is -2.51. The van der Waals surface area contributed by atoms with Crippen LogP contribution in [0.4, 0.5) is 0 Å². The molecule has 0 amide bonds. The van der Waals surface area contributed by atoms with Crippen LogP contribution in [0.15, 0.2) is 30.3 Å². The summed E-state index contributed by atoms with van der Waals surface area (Å²) in [5.74, 6) is -2.17. The van der Waals surface area contributed by atoms with Crippen LogP contribution in [0, 0.1) is 12.8 Å². The standard InChI is InChI=1S/C30H29ClO8/c1-13-7-15(37-4)10-20(38-5)23(13)16-11-21(39-6)26(31)17-12-22-29(2,3)18-8-14(32)9-19(33)25(18)28(35)30(22,36)27(34)24(16)17/h7-11,22,32-33,36H,12H2,1-6H3/t22-,30+/m1/s1. The summed E-state index contributed by atoms with van der Waals surface area (Å²) in [7, 11) is 4.49. The number of Topliss-reactive ketones (excluding diaryl/α,β-unsaturated/α-hetero) is 2. The van der Waals surface area contributed by atoms with Crippen LogP contribution in [0.1, 0.15) is 51.3 Å². The lowest BCUT2D eigenvalue weighted by atomic mass is 9.52. The molecule has 9 heteroatoms. The molecule has 0 bridgehead atoms. The van der Waals surface area contributed by atoms with Gasteiger partial charge in [-0.2, -0.15) is 0 Å². The van der Waals surface area contributed by atoms with Crippen molar-refractivity contribution in [2.75, 3.05) is 21.3 Å². The summed E-state index contributed by atoms with van der Waals surface area (Å²) in [5, 5.41) is 33.2. The molecule has 3 aromatic rings. The topological polar surface area (TPSA) is 123 Å². The van der Waals surface area contributed by atoms with E-state index in [0.717, 1.165) is 6.07 Å². The highest BCUT2D eigenvalue weighted by Crippen LogP contribution is 2.56. The maximum absolute atomic E-state index is 14.5. The number of hydrogen-bond acceptors (Lipinski definition) is 8. The molecule has 0 aliphatic heterocycles. The van der Waals surface area contributed by atoms with Gasteiger partial charge in [0.25, 0.3) is 0 Å². The van der Waals surface area contributed by atoms with E-state index in [9.17, 15) is 24.9 Å². The van der Waals surface area contributed by atoms with Gasteiger partial charge in [-0.3, -0.25) is 9.59 Å². The molecule has 39 heavy (non-hydrogen) atoms. The second-order valence-electron chi connectivity index (χ2n) is 10.6. The summed E-state index contributed by atoms with van der Waals surface area (Å²) in [6.07, 6.45) is 0.0483. The number of benzene rings is 3. The number of halogens is 1. The number of carbonyl (C=O) groups excluding carboxylic acids is 2. The first-order valence-electron chi connectivity index (χ1n) is 12.3. The van der Waals surface area contributed by atoms with Crippen molar-refractivity contribution in [2.24, 2.45) is 5.92 Å². The zero-order valence-electron chi connectivity index (χ0n) is 22.4. The Balaban J connectivity index is 1.86. The minimum atomic E-state index is -2.50. The Morgan fingerprint density at radius 3 is 2.13 bits per heavy atom. The number of aryl methyl sites for hydroxylation is 1. The van der Waals surface area contributed by atoms with Crippen molar-refractivity contribution in [3.63, 3.8) is 0 Å². The minimum absolute atomic E-state index is 0.0483. The quantitative estimate of drug-likeness (QED) is 0.386. The molecular weight excluding hydrogens is 524 g/mol. The van der Waals surface area contributed by atoms with Crippen molar-refractivity contribution in [3.8, 4) is 39.9 Å². The van der Waals surface area contributed by atoms with Crippen LogP contribution in [0.25, 0.3) is 11.1 Å². The van der Waals surface area contributed by atoms with Gasteiger partial charge in [-0.15, -0.1) is 0 Å². The molecule has 5 rings (SSSR count). The highest BCUT2D eigenvalue weighted by Gasteiger charge is 2.64. The van der Waals surface area contributed by atoms with Gasteiger partial charge in [0.2, 0.25) is 11.6 Å². The lowest BCUT2D eigenvalue weighted by Crippen LogP contribution is -2.64. The summed E-state index contributed by atoms with van der Waals surface area (Å²) < 4.78 is 16.6. The number of phenols is 2. The molecule has 0 aromatic heterocycles. The molecule has 8 nitrogen and oxygen atoms in total. The van der Waals surface area contributed by atoms with E-state index >= 15 is 0 Å². The molecular formula is C30H29ClO8. The number of rotatable bonds is 4. The molecule has 204 valence electrons. The zero-order valence-corrected chi connectivity index (χ0v) is 23.2. The van der Waals surface area contributed by atoms with Gasteiger partial charge >= 0.3 is 0 Å². The Morgan fingerprint density at radius 2 is 1.51 bits per heavy atom. The number of ketones is 2. The molecule has 2 aliphatic rings. The first-order valence-corrected chi connectivity index (χ1v) is 12.7. The number of aliphatic hydroxyl groups is 1. The predicted molar refractivity (Wildman–Crippen MR) is 145 cm³/mol. The third kappa shape index (κ3) is 3.54. The Labute approximate surface area is 230 Å². The fourth-order valence-corrected chi connectivity index (χ4v) is 6.61. The number of aromatic hydroxyl groups is 2. The van der Waals surface area contributed by atoms with Crippen molar-refractivity contribution < 1.29 is 39.1 Å². The van der Waals surface area contributed by atoms with Gasteiger partial charge < -0.3 is 29.5 Å². The van der Waals surface area contributed by atoms with Crippen molar-refractivity contribution >= 4 is 23.2 Å². The maximum Gasteiger partial charge on any atom is 0.206 e. The van der Waals surface area contributed by atoms with E-state index < -0.39 is 34.2 Å². The SMILES string of the molecule is COc1cc(C)c(-c2cc(OC)c(Cl)c3c2C(=O)[C@]2(O)C(=O)c4c(O)cc(O)cc4C(C)(C)[C@H]2C3)c(OC)c1. The third-order valence-electron chi connectivity index (χ3n) is 8.27. The van der Waals surface area contributed by atoms with Gasteiger partial charge in [-0.25, -0.2) is 0 Å². The number of methoxy groups -OCH3 is 3. The molecule has 0 fully saturated rings. The van der Waals surface area contributed by atoms with Gasteiger partial charge in [-0.05, 0) is 53.6 Å². The van der Waals surface area contributed by atoms with Gasteiger partial charge in [0.1, 0.15) is 28.7 Å². The largest absolute Gasteiger partial charge is 0.508 e. The second-order valence-corrected chi connectivity index (χ2v) is 11.0. The van der Waals surface area contributed by atoms with E-state index in [1.807, 2.05) is 6.92 Å². The highest BCUT2D eigenvalue weighted by atomic mass is 35.5. The molecule has 0 radical (unpaired) electrons. The Kier molecular flexibility index (Phi) is 6.12. The molecule has 0 heterocycles. The minimum Gasteiger partial charge on any atom is -0.508 e. The van der Waals surface area contributed by atoms with E-state index in [1.165, 1.54) is 27.4 Å². The van der Waals surface area contributed by atoms with Crippen LogP contribution in [0.3, 0.4) is 0 Å². The van der Waals surface area contributed by atoms with E-state index in [-0.39, 0.29) is 28.3 Å². The van der Waals surface area contributed by atoms with E-state index in [4.69, 9.17) is 25.8 Å². The summed E-state index contributed by atoms with van der Waals surface area (Å²) in [6, 6.07) is 7.47. The van der Waals surface area contributed by atoms with E-state index in [2.05, 4.69) is 0 Å². The summed E-state index contributed by atoms with van der Waals surface area (Å²) in [4.78, 5) is 28.4. The smallest absolute Gasteiger partial charge is 0.206 e. The van der Waals surface area contributed by atoms with Gasteiger partial charge in [-0.1, -0.05) is 25.4 Å². The molecule has 3 N–H and O–H groups in total. The van der Waals surface area contributed by atoms with Gasteiger partial charge in [0.15, 0.2) is 5.60 Å². The van der Waals surface area contributed by atoms with Crippen molar-refractivity contribution in [2.45, 2.75) is 38.2 Å². The monoisotopic (exact) mass is 552 g/mol. The Hall–Kier alpha value is -3.75. The third-order valence-corrected chi connectivity index (χ3v) is 8.69. The van der Waals surface area contributed by atoms with Gasteiger partial charge in [0.05, 0.1) is 31.9 Å². The van der Waals surface area contributed by atoms with Crippen LogP contribution in [-0.4, -0.2) is 53.8 Å². The predicted octanol–water partition coefficient (Wildman–Crippen LogP) is 5.01. The lowest BCUT2D eigenvalue weighted by molar-refractivity contribution is -0.0202. The van der Waals surface area contributed by atoms with Crippen LogP contribution < -0.4 is 14.2 Å². The van der Waals surface area contributed by atoms with Crippen LogP contribution >= 0.6 is 11.6 Å². The second kappa shape index (κ2) is 8.89. The number of ether oxygens (including phenoxy) is 3. The fraction of sp³-hybridized carbons (Fsp3) is 0.333. The zero-order chi connectivity index (χ0) is 28.6.